The smallest absolute Gasteiger partial charge is 0.122 e. The summed E-state index contributed by atoms with van der Waals surface area (Å²) in [5.74, 6) is 3.48. The number of aromatic nitrogens is 2. The van der Waals surface area contributed by atoms with Gasteiger partial charge >= 0.3 is 0 Å². The lowest BCUT2D eigenvalue weighted by molar-refractivity contribution is 0.279. The zero-order valence-corrected chi connectivity index (χ0v) is 27.4. The maximum atomic E-state index is 6.05. The van der Waals surface area contributed by atoms with Crippen LogP contribution in [0.3, 0.4) is 0 Å². The summed E-state index contributed by atoms with van der Waals surface area (Å²) >= 11 is 0. The second-order valence-corrected chi connectivity index (χ2v) is 12.3. The van der Waals surface area contributed by atoms with Crippen molar-refractivity contribution in [2.45, 2.75) is 51.4 Å². The maximum absolute atomic E-state index is 6.05. The van der Waals surface area contributed by atoms with Gasteiger partial charge in [0.15, 0.2) is 0 Å². The Bertz CT molecular complexity index is 1800. The van der Waals surface area contributed by atoms with Crippen LogP contribution in [0.4, 0.5) is 0 Å². The molecule has 4 aromatic carbocycles. The zero-order chi connectivity index (χ0) is 32.4. The number of fused-ring (bicyclic) bond motifs is 2. The molecule has 0 fully saturated rings. The zero-order valence-electron chi connectivity index (χ0n) is 27.4. The molecule has 0 saturated heterocycles. The topological polar surface area (TPSA) is 62.7 Å². The van der Waals surface area contributed by atoms with Crippen molar-refractivity contribution in [1.29, 1.82) is 0 Å². The summed E-state index contributed by atoms with van der Waals surface area (Å²) in [7, 11) is 0. The van der Waals surface area contributed by atoms with E-state index in [2.05, 4.69) is 60.7 Å². The molecule has 3 aliphatic heterocycles. The first-order chi connectivity index (χ1) is 23.8. The minimum absolute atomic E-state index is 0.698. The maximum Gasteiger partial charge on any atom is 0.122 e. The number of ether oxygens (including phenoxy) is 4. The lowest BCUT2D eigenvalue weighted by Crippen LogP contribution is -2.01. The van der Waals surface area contributed by atoms with Gasteiger partial charge in [-0.1, -0.05) is 30.3 Å². The lowest BCUT2D eigenvalue weighted by Gasteiger charge is -2.10. The fraction of sp³-hybridized carbons (Fsp3) is 0.286. The fourth-order valence-corrected chi connectivity index (χ4v) is 6.06. The first-order valence-electron chi connectivity index (χ1n) is 17.3. The standard InChI is InChI=1S/C42H42N2O4/c1-3-7-28-47-37-10-9-11-38(30-37)48-29-8-4-2-6-27-46-36-22-16-32(17-23-36)40-25-19-34-13-12-33-18-24-39(43-41(33)42(34)44-40)31-14-20-35(21-15-31)45-26-5-1/h9-25,30H,1-8,26-29H2. The summed E-state index contributed by atoms with van der Waals surface area (Å²) in [6, 6.07) is 37.1. The number of hydrogen-bond acceptors (Lipinski definition) is 6. The van der Waals surface area contributed by atoms with Crippen LogP contribution in [0.5, 0.6) is 23.0 Å². The Balaban J connectivity index is 1.07. The van der Waals surface area contributed by atoms with E-state index >= 15 is 0 Å². The average molecular weight is 639 g/mol. The third-order valence-electron chi connectivity index (χ3n) is 8.78. The minimum Gasteiger partial charge on any atom is -0.494 e. The predicted molar refractivity (Wildman–Crippen MR) is 193 cm³/mol. The van der Waals surface area contributed by atoms with Crippen LogP contribution in [0.1, 0.15) is 51.4 Å². The van der Waals surface area contributed by atoms with Crippen LogP contribution in [0.15, 0.2) is 109 Å². The van der Waals surface area contributed by atoms with E-state index in [1.807, 2.05) is 48.5 Å². The third kappa shape index (κ3) is 8.06. The van der Waals surface area contributed by atoms with Gasteiger partial charge in [0.05, 0.1) is 48.8 Å². The number of nitrogens with zero attached hydrogens (tertiary/aromatic N) is 2. The van der Waals surface area contributed by atoms with Crippen molar-refractivity contribution in [3.05, 3.63) is 109 Å². The van der Waals surface area contributed by atoms with E-state index in [1.165, 1.54) is 0 Å². The summed E-state index contributed by atoms with van der Waals surface area (Å²) in [5, 5.41) is 2.14. The fourth-order valence-electron chi connectivity index (χ4n) is 6.06. The van der Waals surface area contributed by atoms with E-state index in [-0.39, 0.29) is 0 Å². The van der Waals surface area contributed by atoms with Crippen LogP contribution in [0.2, 0.25) is 0 Å². The first kappa shape index (κ1) is 31.5. The highest BCUT2D eigenvalue weighted by Crippen LogP contribution is 2.30. The molecule has 0 saturated carbocycles. The summed E-state index contributed by atoms with van der Waals surface area (Å²) < 4.78 is 24.1. The molecule has 0 N–H and O–H groups in total. The van der Waals surface area contributed by atoms with Crippen LogP contribution in [0, 0.1) is 0 Å². The minimum atomic E-state index is 0.698. The van der Waals surface area contributed by atoms with E-state index in [0.29, 0.717) is 26.4 Å². The normalized spacial score (nSPS) is 15.2. The van der Waals surface area contributed by atoms with Gasteiger partial charge in [-0.2, -0.15) is 0 Å². The summed E-state index contributed by atoms with van der Waals surface area (Å²) in [4.78, 5) is 10.2. The van der Waals surface area contributed by atoms with Crippen molar-refractivity contribution >= 4 is 21.8 Å². The molecule has 0 radical (unpaired) electrons. The highest BCUT2D eigenvalue weighted by molar-refractivity contribution is 6.04. The molecule has 6 nitrogen and oxygen atoms in total. The molecule has 0 unspecified atom stereocenters. The van der Waals surface area contributed by atoms with Gasteiger partial charge in [0, 0.05) is 28.0 Å². The van der Waals surface area contributed by atoms with Crippen molar-refractivity contribution in [3.63, 3.8) is 0 Å². The molecule has 0 aliphatic carbocycles. The largest absolute Gasteiger partial charge is 0.494 e. The number of pyridine rings is 2. The molecule has 244 valence electrons. The van der Waals surface area contributed by atoms with Crippen molar-refractivity contribution in [2.24, 2.45) is 0 Å². The van der Waals surface area contributed by atoms with Gasteiger partial charge in [-0.15, -0.1) is 0 Å². The Morgan fingerprint density at radius 2 is 0.729 bits per heavy atom. The molecular weight excluding hydrogens is 596 g/mol. The van der Waals surface area contributed by atoms with E-state index in [9.17, 15) is 0 Å². The number of hydrogen-bond donors (Lipinski definition) is 0. The summed E-state index contributed by atoms with van der Waals surface area (Å²) in [5.41, 5.74) is 5.73. The molecule has 2 aromatic heterocycles. The SMILES string of the molecule is c1cc2cc(c1)OCCCCCCOc1ccc(cc1)-c1ccc3ccc4ccc(nc4c3n1)-c1ccc(cc1)OCCCCCCO2. The molecule has 0 spiro atoms. The molecule has 6 aromatic rings. The van der Waals surface area contributed by atoms with E-state index < -0.39 is 0 Å². The van der Waals surface area contributed by atoms with Crippen LogP contribution in [0.25, 0.3) is 44.3 Å². The average Bonchev–Trinajstić information content (AvgIpc) is 3.13. The predicted octanol–water partition coefficient (Wildman–Crippen LogP) is 10.5. The highest BCUT2D eigenvalue weighted by atomic mass is 16.5. The van der Waals surface area contributed by atoms with E-state index in [0.717, 1.165) is 119 Å². The van der Waals surface area contributed by atoms with Crippen molar-refractivity contribution in [1.82, 2.24) is 9.97 Å². The molecule has 0 atom stereocenters. The molecule has 0 amide bonds. The van der Waals surface area contributed by atoms with Gasteiger partial charge in [-0.3, -0.25) is 0 Å². The number of benzene rings is 4. The Hall–Kier alpha value is -5.10. The van der Waals surface area contributed by atoms with Gasteiger partial charge in [0.2, 0.25) is 0 Å². The third-order valence-corrected chi connectivity index (χ3v) is 8.78. The van der Waals surface area contributed by atoms with Crippen molar-refractivity contribution < 1.29 is 18.9 Å². The van der Waals surface area contributed by atoms with Crippen molar-refractivity contribution in [3.8, 4) is 45.5 Å². The molecule has 5 heterocycles. The Kier molecular flexibility index (Phi) is 10.3. The quantitative estimate of drug-likeness (QED) is 0.154. The van der Waals surface area contributed by atoms with Crippen LogP contribution < -0.4 is 18.9 Å². The molecule has 10 bridgehead atoms. The Morgan fingerprint density at radius 1 is 0.354 bits per heavy atom. The monoisotopic (exact) mass is 638 g/mol. The summed E-state index contributed by atoms with van der Waals surface area (Å²) in [6.45, 7) is 2.80. The molecule has 48 heavy (non-hydrogen) atoms. The van der Waals surface area contributed by atoms with Crippen LogP contribution in [-0.4, -0.2) is 36.4 Å². The lowest BCUT2D eigenvalue weighted by atomic mass is 10.1. The second kappa shape index (κ2) is 15.7. The number of rotatable bonds is 0. The first-order valence-corrected chi connectivity index (χ1v) is 17.3. The van der Waals surface area contributed by atoms with Crippen molar-refractivity contribution in [2.75, 3.05) is 26.4 Å². The van der Waals surface area contributed by atoms with Gasteiger partial charge in [-0.25, -0.2) is 9.97 Å². The van der Waals surface area contributed by atoms with E-state index in [4.69, 9.17) is 28.9 Å². The van der Waals surface area contributed by atoms with Gasteiger partial charge < -0.3 is 18.9 Å². The van der Waals surface area contributed by atoms with Crippen LogP contribution >= 0.6 is 0 Å². The Labute approximate surface area is 282 Å². The molecule has 6 heteroatoms. The van der Waals surface area contributed by atoms with E-state index in [1.54, 1.807) is 0 Å². The second-order valence-electron chi connectivity index (χ2n) is 12.3. The summed E-state index contributed by atoms with van der Waals surface area (Å²) in [6.07, 6.45) is 8.47. The molecule has 3 aliphatic rings. The van der Waals surface area contributed by atoms with Gasteiger partial charge in [0.1, 0.15) is 23.0 Å². The molecular formula is C42H42N2O4. The molecule has 9 rings (SSSR count). The Morgan fingerprint density at radius 3 is 1.15 bits per heavy atom. The van der Waals surface area contributed by atoms with Crippen LogP contribution in [-0.2, 0) is 0 Å². The van der Waals surface area contributed by atoms with Gasteiger partial charge in [-0.05, 0) is 124 Å². The van der Waals surface area contributed by atoms with Gasteiger partial charge in [0.25, 0.3) is 0 Å². The highest BCUT2D eigenvalue weighted by Gasteiger charge is 2.10.